The van der Waals surface area contributed by atoms with E-state index in [0.29, 0.717) is 0 Å². The molecule has 0 fully saturated rings. The van der Waals surface area contributed by atoms with E-state index in [1.165, 1.54) is 44.1 Å². The van der Waals surface area contributed by atoms with Crippen LogP contribution in [0.1, 0.15) is 22.3 Å². The number of nitrogens with one attached hydrogen (secondary N) is 1. The molecule has 1 N–H and O–H groups in total. The molecular formula is C16H17N. The van der Waals surface area contributed by atoms with Gasteiger partial charge < -0.3 is 4.98 Å². The lowest BCUT2D eigenvalue weighted by Gasteiger charge is -2.01. The van der Waals surface area contributed by atoms with Crippen LogP contribution in [0, 0.1) is 27.7 Å². The fourth-order valence-corrected chi connectivity index (χ4v) is 2.48. The summed E-state index contributed by atoms with van der Waals surface area (Å²) in [6.07, 6.45) is 0. The largest absolute Gasteiger partial charge is 0.354 e. The van der Waals surface area contributed by atoms with Gasteiger partial charge >= 0.3 is 0 Å². The first-order chi connectivity index (χ1) is 8.08. The molecule has 0 spiro atoms. The van der Waals surface area contributed by atoms with Crippen LogP contribution in [0.4, 0.5) is 0 Å². The van der Waals surface area contributed by atoms with Crippen LogP contribution in [0.2, 0.25) is 0 Å². The number of rotatable bonds is 0. The summed E-state index contributed by atoms with van der Waals surface area (Å²) in [7, 11) is 0. The molecule has 3 rings (SSSR count). The molecule has 1 nitrogen and oxygen atoms in total. The van der Waals surface area contributed by atoms with Crippen molar-refractivity contribution in [3.8, 4) is 0 Å². The van der Waals surface area contributed by atoms with E-state index in [1.807, 2.05) is 0 Å². The van der Waals surface area contributed by atoms with Gasteiger partial charge in [-0.25, -0.2) is 0 Å². The highest BCUT2D eigenvalue weighted by Gasteiger charge is 2.08. The van der Waals surface area contributed by atoms with Crippen molar-refractivity contribution in [3.63, 3.8) is 0 Å². The molecule has 1 heterocycles. The molecule has 0 saturated carbocycles. The average Bonchev–Trinajstić information content (AvgIpc) is 2.63. The number of aryl methyl sites for hydroxylation is 4. The van der Waals surface area contributed by atoms with Crippen LogP contribution < -0.4 is 0 Å². The summed E-state index contributed by atoms with van der Waals surface area (Å²) in [6.45, 7) is 8.69. The highest BCUT2D eigenvalue weighted by molar-refractivity contribution is 6.08. The van der Waals surface area contributed by atoms with E-state index in [1.54, 1.807) is 0 Å². The van der Waals surface area contributed by atoms with Gasteiger partial charge in [0.2, 0.25) is 0 Å². The molecule has 17 heavy (non-hydrogen) atoms. The Bertz CT molecular complexity index is 732. The normalized spacial score (nSPS) is 11.5. The molecule has 1 heteroatoms. The van der Waals surface area contributed by atoms with Crippen molar-refractivity contribution in [1.82, 2.24) is 4.98 Å². The summed E-state index contributed by atoms with van der Waals surface area (Å²) >= 11 is 0. The Balaban J connectivity index is 2.54. The molecule has 0 radical (unpaired) electrons. The van der Waals surface area contributed by atoms with Gasteiger partial charge in [-0.05, 0) is 62.1 Å². The molecule has 0 bridgehead atoms. The molecule has 1 aromatic heterocycles. The fraction of sp³-hybridized carbons (Fsp3) is 0.250. The molecule has 3 aromatic rings. The second kappa shape index (κ2) is 3.36. The maximum absolute atomic E-state index is 3.56. The molecule has 0 aliphatic heterocycles. The third kappa shape index (κ3) is 1.39. The smallest absolute Gasteiger partial charge is 0.0497 e. The summed E-state index contributed by atoms with van der Waals surface area (Å²) in [5.41, 5.74) is 7.93. The lowest BCUT2D eigenvalue weighted by atomic mass is 10.0. The van der Waals surface area contributed by atoms with Gasteiger partial charge in [0.1, 0.15) is 0 Å². The Morgan fingerprint density at radius 1 is 0.765 bits per heavy atom. The van der Waals surface area contributed by atoms with Gasteiger partial charge in [-0.3, -0.25) is 0 Å². The lowest BCUT2D eigenvalue weighted by Crippen LogP contribution is -1.81. The van der Waals surface area contributed by atoms with Crippen LogP contribution in [0.3, 0.4) is 0 Å². The molecular weight excluding hydrogens is 206 g/mol. The zero-order chi connectivity index (χ0) is 12.2. The van der Waals surface area contributed by atoms with Crippen LogP contribution in [0.5, 0.6) is 0 Å². The molecule has 0 unspecified atom stereocenters. The molecule has 0 aliphatic carbocycles. The topological polar surface area (TPSA) is 15.8 Å². The van der Waals surface area contributed by atoms with Crippen LogP contribution in [-0.2, 0) is 0 Å². The summed E-state index contributed by atoms with van der Waals surface area (Å²) in [5, 5.41) is 2.68. The Morgan fingerprint density at radius 3 is 2.24 bits per heavy atom. The van der Waals surface area contributed by atoms with Gasteiger partial charge in [0.05, 0.1) is 0 Å². The summed E-state index contributed by atoms with van der Waals surface area (Å²) in [6, 6.07) is 8.98. The van der Waals surface area contributed by atoms with E-state index in [0.717, 1.165) is 0 Å². The van der Waals surface area contributed by atoms with E-state index >= 15 is 0 Å². The number of aromatic amines is 1. The van der Waals surface area contributed by atoms with Gasteiger partial charge in [0.15, 0.2) is 0 Å². The molecule has 0 atom stereocenters. The Kier molecular flexibility index (Phi) is 2.06. The van der Waals surface area contributed by atoms with Gasteiger partial charge in [0.25, 0.3) is 0 Å². The predicted molar refractivity (Wildman–Crippen MR) is 74.8 cm³/mol. The first kappa shape index (κ1) is 10.4. The van der Waals surface area contributed by atoms with Gasteiger partial charge in [-0.15, -0.1) is 0 Å². The third-order valence-electron chi connectivity index (χ3n) is 3.92. The average molecular weight is 223 g/mol. The quantitative estimate of drug-likeness (QED) is 0.575. The van der Waals surface area contributed by atoms with Crippen molar-refractivity contribution in [3.05, 3.63) is 46.5 Å². The highest BCUT2D eigenvalue weighted by atomic mass is 14.7. The van der Waals surface area contributed by atoms with Gasteiger partial charge in [0, 0.05) is 21.8 Å². The van der Waals surface area contributed by atoms with Gasteiger partial charge in [-0.2, -0.15) is 0 Å². The number of hydrogen-bond acceptors (Lipinski definition) is 0. The minimum absolute atomic E-state index is 1.25. The molecule has 86 valence electrons. The SMILES string of the molecule is Cc1cc2[nH]c3c(C)c(C)ccc3c2cc1C. The highest BCUT2D eigenvalue weighted by Crippen LogP contribution is 2.30. The second-order valence-corrected chi connectivity index (χ2v) is 5.04. The second-order valence-electron chi connectivity index (χ2n) is 5.04. The standard InChI is InChI=1S/C16H17N/c1-9-5-6-13-14-7-10(2)11(3)8-15(14)17-16(13)12(9)4/h5-8,17H,1-4H3. The zero-order valence-electron chi connectivity index (χ0n) is 10.8. The monoisotopic (exact) mass is 223 g/mol. The predicted octanol–water partition coefficient (Wildman–Crippen LogP) is 4.55. The molecule has 0 saturated heterocycles. The number of aromatic nitrogens is 1. The van der Waals surface area contributed by atoms with Gasteiger partial charge in [-0.1, -0.05) is 12.1 Å². The summed E-state index contributed by atoms with van der Waals surface area (Å²) in [4.78, 5) is 3.56. The minimum atomic E-state index is 1.25. The van der Waals surface area contributed by atoms with E-state index in [-0.39, 0.29) is 0 Å². The lowest BCUT2D eigenvalue weighted by molar-refractivity contribution is 1.34. The van der Waals surface area contributed by atoms with Crippen LogP contribution in [0.15, 0.2) is 24.3 Å². The first-order valence-electron chi connectivity index (χ1n) is 6.07. The Labute approximate surface area is 101 Å². The maximum Gasteiger partial charge on any atom is 0.0497 e. The van der Waals surface area contributed by atoms with Crippen molar-refractivity contribution in [2.45, 2.75) is 27.7 Å². The van der Waals surface area contributed by atoms with Crippen molar-refractivity contribution in [1.29, 1.82) is 0 Å². The van der Waals surface area contributed by atoms with Crippen molar-refractivity contribution in [2.24, 2.45) is 0 Å². The van der Waals surface area contributed by atoms with E-state index in [9.17, 15) is 0 Å². The summed E-state index contributed by atoms with van der Waals surface area (Å²) < 4.78 is 0. The maximum atomic E-state index is 3.56. The van der Waals surface area contributed by atoms with Crippen molar-refractivity contribution >= 4 is 21.8 Å². The van der Waals surface area contributed by atoms with Crippen molar-refractivity contribution in [2.75, 3.05) is 0 Å². The molecule has 0 aliphatic rings. The molecule has 0 amide bonds. The number of hydrogen-bond donors (Lipinski definition) is 1. The zero-order valence-corrected chi connectivity index (χ0v) is 10.8. The van der Waals surface area contributed by atoms with E-state index in [2.05, 4.69) is 56.9 Å². The number of H-pyrrole nitrogens is 1. The number of benzene rings is 2. The fourth-order valence-electron chi connectivity index (χ4n) is 2.48. The molecule has 2 aromatic carbocycles. The third-order valence-corrected chi connectivity index (χ3v) is 3.92. The van der Waals surface area contributed by atoms with Crippen LogP contribution >= 0.6 is 0 Å². The van der Waals surface area contributed by atoms with E-state index < -0.39 is 0 Å². The Morgan fingerprint density at radius 2 is 1.47 bits per heavy atom. The van der Waals surface area contributed by atoms with Crippen LogP contribution in [-0.4, -0.2) is 4.98 Å². The minimum Gasteiger partial charge on any atom is -0.354 e. The van der Waals surface area contributed by atoms with Crippen LogP contribution in [0.25, 0.3) is 21.8 Å². The Hall–Kier alpha value is -1.76. The van der Waals surface area contributed by atoms with E-state index in [4.69, 9.17) is 0 Å². The number of fused-ring (bicyclic) bond motifs is 3. The van der Waals surface area contributed by atoms with Crippen molar-refractivity contribution < 1.29 is 0 Å². The summed E-state index contributed by atoms with van der Waals surface area (Å²) in [5.74, 6) is 0. The first-order valence-corrected chi connectivity index (χ1v) is 6.07.